The maximum Gasteiger partial charge on any atom is 4.00 e. The second-order valence-corrected chi connectivity index (χ2v) is 7.54. The number of halogens is 4. The number of carbonyl (C=O) groups excluding carboxylic acids is 2. The van der Waals surface area contributed by atoms with Crippen molar-refractivity contribution in [1.82, 2.24) is 0 Å². The summed E-state index contributed by atoms with van der Waals surface area (Å²) in [5, 5.41) is 0. The van der Waals surface area contributed by atoms with Crippen molar-refractivity contribution < 1.29 is 48.9 Å². The van der Waals surface area contributed by atoms with E-state index in [1.807, 2.05) is 36.4 Å². The van der Waals surface area contributed by atoms with Crippen LogP contribution in [-0.4, -0.2) is 24.9 Å². The predicted molar refractivity (Wildman–Crippen MR) is 141 cm³/mol. The molecule has 2 amide bonds. The minimum atomic E-state index is -0.845. The number of nitrogens with zero attached hydrogens (tertiary/aromatic N) is 2. The van der Waals surface area contributed by atoms with Gasteiger partial charge in [0.25, 0.3) is 0 Å². The van der Waals surface area contributed by atoms with Crippen molar-refractivity contribution in [3.8, 4) is 0 Å². The molecular formula is C30H30F4N2O2Ti. The third-order valence-corrected chi connectivity index (χ3v) is 4.83. The van der Waals surface area contributed by atoms with Crippen molar-refractivity contribution in [3.05, 3.63) is 108 Å². The Morgan fingerprint density at radius 1 is 0.718 bits per heavy atom. The molecule has 0 saturated carbocycles. The zero-order valence-corrected chi connectivity index (χ0v) is 23.9. The average Bonchev–Trinajstić information content (AvgIpc) is 3.62. The molecule has 0 bridgehead atoms. The molecule has 2 aromatic carbocycles. The molecule has 4 nitrogen and oxygen atoms in total. The molecule has 2 aliphatic carbocycles. The van der Waals surface area contributed by atoms with Gasteiger partial charge in [0.15, 0.2) is 0 Å². The van der Waals surface area contributed by atoms with Crippen molar-refractivity contribution in [1.29, 1.82) is 0 Å². The first-order valence-corrected chi connectivity index (χ1v) is 11.9. The summed E-state index contributed by atoms with van der Waals surface area (Å²) in [4.78, 5) is 24.6. The van der Waals surface area contributed by atoms with Crippen molar-refractivity contribution in [2.45, 2.75) is 40.5 Å². The molecule has 39 heavy (non-hydrogen) atoms. The summed E-state index contributed by atoms with van der Waals surface area (Å²) in [6.07, 6.45) is 20.0. The SMILES string of the molecule is CCN(C(C)=O)c1ccc(F)[c-]c1F.CCN(C(C)=O)c1ccc(F)[c-]c1F.[C-]1=CC=CC1.[C-]1=CC=CC1.[Ti+4]. The molecule has 9 heteroatoms. The first kappa shape index (κ1) is 35.8. The quantitative estimate of drug-likeness (QED) is 0.227. The third-order valence-electron chi connectivity index (χ3n) is 4.83. The monoisotopic (exact) mass is 574 g/mol. The third kappa shape index (κ3) is 13.4. The van der Waals surface area contributed by atoms with Gasteiger partial charge in [-0.3, -0.25) is 21.7 Å². The van der Waals surface area contributed by atoms with Crippen LogP contribution in [0.1, 0.15) is 40.5 Å². The van der Waals surface area contributed by atoms with Crippen LogP contribution in [0.3, 0.4) is 0 Å². The van der Waals surface area contributed by atoms with E-state index in [2.05, 4.69) is 24.3 Å². The first-order valence-electron chi connectivity index (χ1n) is 11.9. The number of anilines is 2. The smallest absolute Gasteiger partial charge is 0.364 e. The zero-order chi connectivity index (χ0) is 28.5. The van der Waals surface area contributed by atoms with Gasteiger partial charge in [-0.05, 0) is 25.2 Å². The number of hydrogen-bond acceptors (Lipinski definition) is 2. The van der Waals surface area contributed by atoms with Gasteiger partial charge in [0.2, 0.25) is 11.8 Å². The van der Waals surface area contributed by atoms with Gasteiger partial charge in [0.05, 0.1) is 0 Å². The van der Waals surface area contributed by atoms with Crippen LogP contribution in [0.2, 0.25) is 0 Å². The summed E-state index contributed by atoms with van der Waals surface area (Å²) in [7, 11) is 0. The maximum absolute atomic E-state index is 13.2. The normalized spacial score (nSPS) is 11.7. The summed E-state index contributed by atoms with van der Waals surface area (Å²) in [6.45, 7) is 6.75. The van der Waals surface area contributed by atoms with Crippen molar-refractivity contribution in [2.75, 3.05) is 22.9 Å². The zero-order valence-electron chi connectivity index (χ0n) is 22.3. The van der Waals surface area contributed by atoms with Crippen LogP contribution >= 0.6 is 0 Å². The first-order chi connectivity index (χ1) is 18.1. The van der Waals surface area contributed by atoms with Crippen LogP contribution in [0.5, 0.6) is 0 Å². The predicted octanol–water partition coefficient (Wildman–Crippen LogP) is 6.88. The van der Waals surface area contributed by atoms with Crippen LogP contribution in [0, 0.1) is 47.6 Å². The van der Waals surface area contributed by atoms with Gasteiger partial charge in [0, 0.05) is 50.2 Å². The summed E-state index contributed by atoms with van der Waals surface area (Å²) in [5.74, 6) is -3.81. The molecule has 0 heterocycles. The van der Waals surface area contributed by atoms with E-state index in [-0.39, 0.29) is 44.9 Å². The largest absolute Gasteiger partial charge is 4.00 e. The van der Waals surface area contributed by atoms with E-state index in [0.29, 0.717) is 13.1 Å². The van der Waals surface area contributed by atoms with E-state index in [0.717, 1.165) is 25.0 Å². The number of amides is 2. The fraction of sp³-hybridized carbons (Fsp3) is 0.267. The van der Waals surface area contributed by atoms with E-state index < -0.39 is 23.3 Å². The van der Waals surface area contributed by atoms with E-state index in [1.165, 1.54) is 35.8 Å². The Morgan fingerprint density at radius 3 is 1.26 bits per heavy atom. The van der Waals surface area contributed by atoms with E-state index in [1.54, 1.807) is 13.8 Å². The van der Waals surface area contributed by atoms with Crippen LogP contribution in [0.15, 0.2) is 60.7 Å². The molecule has 204 valence electrons. The minimum absolute atomic E-state index is 0. The van der Waals surface area contributed by atoms with Crippen molar-refractivity contribution >= 4 is 23.2 Å². The van der Waals surface area contributed by atoms with Gasteiger partial charge in [0.1, 0.15) is 0 Å². The van der Waals surface area contributed by atoms with Crippen LogP contribution in [-0.2, 0) is 31.3 Å². The second kappa shape index (κ2) is 19.8. The second-order valence-electron chi connectivity index (χ2n) is 7.54. The molecule has 0 aliphatic heterocycles. The average molecular weight is 574 g/mol. The molecule has 0 saturated heterocycles. The molecule has 0 unspecified atom stereocenters. The maximum atomic E-state index is 13.2. The number of carbonyl (C=O) groups is 2. The van der Waals surface area contributed by atoms with Crippen LogP contribution < -0.4 is 9.80 Å². The number of hydrogen-bond donors (Lipinski definition) is 0. The molecule has 4 rings (SSSR count). The Balaban J connectivity index is 0.000000537. The van der Waals surface area contributed by atoms with E-state index >= 15 is 0 Å². The Labute approximate surface area is 243 Å². The van der Waals surface area contributed by atoms with Crippen LogP contribution in [0.4, 0.5) is 28.9 Å². The van der Waals surface area contributed by atoms with Gasteiger partial charge < -0.3 is 9.80 Å². The Morgan fingerprint density at radius 2 is 1.08 bits per heavy atom. The summed E-state index contributed by atoms with van der Waals surface area (Å²) < 4.78 is 51.4. The fourth-order valence-corrected chi connectivity index (χ4v) is 3.09. The van der Waals surface area contributed by atoms with Gasteiger partial charge in [-0.15, -0.1) is 49.2 Å². The summed E-state index contributed by atoms with van der Waals surface area (Å²) >= 11 is 0. The molecule has 0 N–H and O–H groups in total. The van der Waals surface area contributed by atoms with Crippen molar-refractivity contribution in [3.63, 3.8) is 0 Å². The van der Waals surface area contributed by atoms with Crippen LogP contribution in [0.25, 0.3) is 0 Å². The molecule has 0 fully saturated rings. The minimum Gasteiger partial charge on any atom is -0.364 e. The number of rotatable bonds is 4. The molecule has 0 aromatic heterocycles. The van der Waals surface area contributed by atoms with E-state index in [4.69, 9.17) is 0 Å². The van der Waals surface area contributed by atoms with Gasteiger partial charge in [-0.1, -0.05) is 0 Å². The Kier molecular flexibility index (Phi) is 18.2. The topological polar surface area (TPSA) is 40.6 Å². The molecule has 2 aromatic rings. The molecule has 0 atom stereocenters. The number of allylic oxidation sites excluding steroid dienone is 8. The Bertz CT molecular complexity index is 1070. The fourth-order valence-electron chi connectivity index (χ4n) is 3.09. The summed E-state index contributed by atoms with van der Waals surface area (Å²) in [6, 6.07) is 8.37. The van der Waals surface area contributed by atoms with Gasteiger partial charge in [-0.25, -0.2) is 41.9 Å². The molecule has 0 radical (unpaired) electrons. The standard InChI is InChI=1S/2C10H10F2NO.2C5H5.Ti/c2*1-3-13(7(2)14)10-5-4-8(11)6-9(10)12;2*1-2-4-5-3-1;/h2*4-5H,3H2,1-2H3;2*1-3H,4H2;/q4*-1;+4. The number of benzene rings is 2. The van der Waals surface area contributed by atoms with Gasteiger partial charge in [-0.2, -0.15) is 12.2 Å². The van der Waals surface area contributed by atoms with E-state index in [9.17, 15) is 27.2 Å². The van der Waals surface area contributed by atoms with Crippen molar-refractivity contribution in [2.24, 2.45) is 0 Å². The molecule has 2 aliphatic rings. The summed E-state index contributed by atoms with van der Waals surface area (Å²) in [5.41, 5.74) is 0.114. The molecular weight excluding hydrogens is 544 g/mol. The Hall–Kier alpha value is -3.23. The van der Waals surface area contributed by atoms with Gasteiger partial charge >= 0.3 is 21.7 Å². The molecule has 0 spiro atoms.